The summed E-state index contributed by atoms with van der Waals surface area (Å²) in [7, 11) is 0. The van der Waals surface area contributed by atoms with Crippen molar-refractivity contribution in [2.24, 2.45) is 4.99 Å². The molecule has 25 heavy (non-hydrogen) atoms. The molecule has 4 rings (SSSR count). The van der Waals surface area contributed by atoms with Gasteiger partial charge in [0.05, 0.1) is 12.2 Å². The highest BCUT2D eigenvalue weighted by Gasteiger charge is 2.44. The zero-order valence-electron chi connectivity index (χ0n) is 14.4. The second-order valence-corrected chi connectivity index (χ2v) is 6.49. The first-order chi connectivity index (χ1) is 12.3. The average molecular weight is 326 g/mol. The van der Waals surface area contributed by atoms with Gasteiger partial charge in [-0.1, -0.05) is 91.0 Å². The van der Waals surface area contributed by atoms with Crippen LogP contribution in [0.5, 0.6) is 0 Å². The largest absolute Gasteiger partial charge is 0.280 e. The predicted molar refractivity (Wildman–Crippen MR) is 104 cm³/mol. The Morgan fingerprint density at radius 2 is 1.12 bits per heavy atom. The Kier molecular flexibility index (Phi) is 4.21. The molecule has 0 bridgehead atoms. The Morgan fingerprint density at radius 1 is 0.720 bits per heavy atom. The predicted octanol–water partition coefficient (Wildman–Crippen LogP) is 4.71. The molecule has 1 aliphatic rings. The molecular weight excluding hydrogens is 304 g/mol. The Hall–Kier alpha value is -2.71. The van der Waals surface area contributed by atoms with Crippen LogP contribution in [0.25, 0.3) is 0 Å². The summed E-state index contributed by atoms with van der Waals surface area (Å²) in [4.78, 5) is 7.07. The lowest BCUT2D eigenvalue weighted by molar-refractivity contribution is 0.161. The first-order valence-electron chi connectivity index (χ1n) is 8.77. The van der Waals surface area contributed by atoms with Gasteiger partial charge in [0.15, 0.2) is 0 Å². The maximum atomic E-state index is 4.59. The number of hydrogen-bond acceptors (Lipinski definition) is 2. The molecule has 1 atom stereocenters. The normalized spacial score (nSPS) is 17.7. The van der Waals surface area contributed by atoms with E-state index >= 15 is 0 Å². The van der Waals surface area contributed by atoms with Crippen LogP contribution in [0.4, 0.5) is 0 Å². The van der Waals surface area contributed by atoms with Crippen LogP contribution in [0.2, 0.25) is 0 Å². The van der Waals surface area contributed by atoms with E-state index in [1.165, 1.54) is 16.7 Å². The minimum atomic E-state index is -0.361. The Bertz CT molecular complexity index is 744. The molecule has 0 aliphatic carbocycles. The van der Waals surface area contributed by atoms with Crippen LogP contribution >= 0.6 is 0 Å². The third-order valence-electron chi connectivity index (χ3n) is 5.05. The van der Waals surface area contributed by atoms with Gasteiger partial charge in [-0.25, -0.2) is 0 Å². The van der Waals surface area contributed by atoms with E-state index in [9.17, 15) is 0 Å². The smallest absolute Gasteiger partial charge is 0.0992 e. The first-order valence-corrected chi connectivity index (χ1v) is 8.77. The van der Waals surface area contributed by atoms with Crippen molar-refractivity contribution in [1.29, 1.82) is 0 Å². The Labute approximate surface area is 149 Å². The van der Waals surface area contributed by atoms with Crippen LogP contribution in [0.1, 0.15) is 23.6 Å². The topological polar surface area (TPSA) is 15.6 Å². The van der Waals surface area contributed by atoms with Crippen molar-refractivity contribution in [3.63, 3.8) is 0 Å². The number of hydrogen-bond donors (Lipinski definition) is 0. The zero-order chi connectivity index (χ0) is 17.1. The molecule has 2 heteroatoms. The molecule has 0 fully saturated rings. The molecule has 1 aliphatic heterocycles. The highest BCUT2D eigenvalue weighted by molar-refractivity contribution is 5.67. The van der Waals surface area contributed by atoms with Crippen molar-refractivity contribution >= 4 is 6.21 Å². The number of benzene rings is 3. The van der Waals surface area contributed by atoms with Crippen LogP contribution in [-0.2, 0) is 5.54 Å². The molecule has 0 saturated heterocycles. The highest BCUT2D eigenvalue weighted by atomic mass is 15.3. The molecule has 1 unspecified atom stereocenters. The summed E-state index contributed by atoms with van der Waals surface area (Å²) >= 11 is 0. The number of rotatable bonds is 4. The molecule has 0 aromatic heterocycles. The Balaban J connectivity index is 2.05. The van der Waals surface area contributed by atoms with Gasteiger partial charge in [-0.2, -0.15) is 0 Å². The van der Waals surface area contributed by atoms with Crippen LogP contribution in [0, 0.1) is 0 Å². The monoisotopic (exact) mass is 326 g/mol. The number of aliphatic imine (C=N–C) groups is 1. The molecular formula is C23H22N2. The SMILES string of the molecule is CC1C=NCN1C(c1ccccc1)(c1ccccc1)c1ccccc1. The molecule has 0 spiro atoms. The van der Waals surface area contributed by atoms with Gasteiger partial charge in [-0.05, 0) is 23.6 Å². The van der Waals surface area contributed by atoms with Crippen molar-refractivity contribution < 1.29 is 0 Å². The molecule has 3 aromatic carbocycles. The van der Waals surface area contributed by atoms with E-state index in [-0.39, 0.29) is 11.6 Å². The van der Waals surface area contributed by atoms with E-state index in [1.54, 1.807) is 0 Å². The quantitative estimate of drug-likeness (QED) is 0.634. The number of nitrogens with zero attached hydrogens (tertiary/aromatic N) is 2. The molecule has 0 amide bonds. The second-order valence-electron chi connectivity index (χ2n) is 6.49. The molecule has 3 aromatic rings. The van der Waals surface area contributed by atoms with Crippen molar-refractivity contribution in [3.8, 4) is 0 Å². The lowest BCUT2D eigenvalue weighted by Crippen LogP contribution is -2.50. The van der Waals surface area contributed by atoms with E-state index in [0.717, 1.165) is 0 Å². The third-order valence-corrected chi connectivity index (χ3v) is 5.05. The van der Waals surface area contributed by atoms with Gasteiger partial charge in [0.25, 0.3) is 0 Å². The van der Waals surface area contributed by atoms with E-state index in [1.807, 2.05) is 0 Å². The summed E-state index contributed by atoms with van der Waals surface area (Å²) < 4.78 is 0. The van der Waals surface area contributed by atoms with Crippen LogP contribution in [-0.4, -0.2) is 23.8 Å². The maximum Gasteiger partial charge on any atom is 0.0992 e. The summed E-state index contributed by atoms with van der Waals surface area (Å²) in [5, 5.41) is 0. The maximum absolute atomic E-state index is 4.59. The van der Waals surface area contributed by atoms with Crippen molar-refractivity contribution in [3.05, 3.63) is 108 Å². The lowest BCUT2D eigenvalue weighted by Gasteiger charge is -2.45. The highest BCUT2D eigenvalue weighted by Crippen LogP contribution is 2.43. The van der Waals surface area contributed by atoms with Crippen LogP contribution in [0.15, 0.2) is 96.0 Å². The van der Waals surface area contributed by atoms with E-state index in [4.69, 9.17) is 0 Å². The summed E-state index contributed by atoms with van der Waals surface area (Å²) in [6.45, 7) is 2.92. The van der Waals surface area contributed by atoms with Crippen molar-refractivity contribution in [2.45, 2.75) is 18.5 Å². The van der Waals surface area contributed by atoms with Crippen LogP contribution in [0.3, 0.4) is 0 Å². The standard InChI is InChI=1S/C23H22N2/c1-19-17-24-18-25(19)23(20-11-5-2-6-12-20,21-13-7-3-8-14-21)22-15-9-4-10-16-22/h2-17,19H,18H2,1H3. The molecule has 2 nitrogen and oxygen atoms in total. The van der Waals surface area contributed by atoms with E-state index in [2.05, 4.69) is 114 Å². The summed E-state index contributed by atoms with van der Waals surface area (Å²) in [5.41, 5.74) is 3.44. The second kappa shape index (κ2) is 6.66. The molecule has 0 saturated carbocycles. The van der Waals surface area contributed by atoms with Gasteiger partial charge in [0.2, 0.25) is 0 Å². The van der Waals surface area contributed by atoms with Gasteiger partial charge in [0, 0.05) is 12.3 Å². The summed E-state index contributed by atoms with van der Waals surface area (Å²) in [6, 6.07) is 32.6. The Morgan fingerprint density at radius 3 is 1.44 bits per heavy atom. The van der Waals surface area contributed by atoms with Gasteiger partial charge in [-0.15, -0.1) is 0 Å². The molecule has 124 valence electrons. The average Bonchev–Trinajstić information content (AvgIpc) is 3.12. The fraction of sp³-hybridized carbons (Fsp3) is 0.174. The lowest BCUT2D eigenvalue weighted by atomic mass is 9.75. The van der Waals surface area contributed by atoms with Crippen LogP contribution < -0.4 is 0 Å². The minimum absolute atomic E-state index is 0.264. The third kappa shape index (κ3) is 2.59. The molecule has 1 heterocycles. The first kappa shape index (κ1) is 15.8. The zero-order valence-corrected chi connectivity index (χ0v) is 14.4. The van der Waals surface area contributed by atoms with Gasteiger partial charge < -0.3 is 0 Å². The minimum Gasteiger partial charge on any atom is -0.280 e. The van der Waals surface area contributed by atoms with Crippen molar-refractivity contribution in [1.82, 2.24) is 4.90 Å². The summed E-state index contributed by atoms with van der Waals surface area (Å²) in [6.07, 6.45) is 2.06. The fourth-order valence-electron chi connectivity index (χ4n) is 3.94. The van der Waals surface area contributed by atoms with Gasteiger partial charge in [-0.3, -0.25) is 9.89 Å². The van der Waals surface area contributed by atoms with Crippen molar-refractivity contribution in [2.75, 3.05) is 6.67 Å². The molecule has 0 N–H and O–H groups in total. The van der Waals surface area contributed by atoms with Gasteiger partial charge >= 0.3 is 0 Å². The fourth-order valence-corrected chi connectivity index (χ4v) is 3.94. The van der Waals surface area contributed by atoms with Gasteiger partial charge in [0.1, 0.15) is 0 Å². The van der Waals surface area contributed by atoms with E-state index < -0.39 is 0 Å². The molecule has 0 radical (unpaired) electrons. The summed E-state index contributed by atoms with van der Waals surface area (Å²) in [5.74, 6) is 0. The van der Waals surface area contributed by atoms with E-state index in [0.29, 0.717) is 6.67 Å².